The number of aliphatic hydroxyl groups is 2. The first kappa shape index (κ1) is 28.2. The van der Waals surface area contributed by atoms with Gasteiger partial charge in [0.05, 0.1) is 42.1 Å². The molecule has 0 saturated heterocycles. The SMILES string of the molecule is COc1cccc2c1C(=O)c1c(O)c3c(c(O)c1C2=O)C[C@](O)(C(=O)CO)CC3O[C@H]1C[C@@H](C)[C@@H](OC)[C@@H](N)C1. The molecule has 0 heterocycles. The van der Waals surface area contributed by atoms with Crippen LogP contribution in [-0.2, 0) is 20.7 Å². The summed E-state index contributed by atoms with van der Waals surface area (Å²) in [6, 6.07) is 4.08. The van der Waals surface area contributed by atoms with Crippen molar-refractivity contribution in [2.24, 2.45) is 11.7 Å². The van der Waals surface area contributed by atoms with E-state index in [2.05, 4.69) is 0 Å². The number of methoxy groups -OCH3 is 2. The van der Waals surface area contributed by atoms with Crippen molar-refractivity contribution in [1.29, 1.82) is 0 Å². The fourth-order valence-electron chi connectivity index (χ4n) is 6.65. The monoisotopic (exact) mass is 555 g/mol. The summed E-state index contributed by atoms with van der Waals surface area (Å²) in [4.78, 5) is 40.0. The third kappa shape index (κ3) is 4.20. The van der Waals surface area contributed by atoms with Gasteiger partial charge in [-0.25, -0.2) is 0 Å². The molecule has 0 spiro atoms. The van der Waals surface area contributed by atoms with Crippen molar-refractivity contribution in [3.05, 3.63) is 51.6 Å². The fraction of sp³-hybridized carbons (Fsp3) is 0.483. The van der Waals surface area contributed by atoms with E-state index < -0.39 is 70.8 Å². The lowest BCUT2D eigenvalue weighted by Gasteiger charge is -2.43. The van der Waals surface area contributed by atoms with E-state index in [1.165, 1.54) is 25.3 Å². The van der Waals surface area contributed by atoms with Crippen molar-refractivity contribution in [1.82, 2.24) is 0 Å². The molecule has 40 heavy (non-hydrogen) atoms. The Morgan fingerprint density at radius 1 is 1.07 bits per heavy atom. The van der Waals surface area contributed by atoms with E-state index in [0.29, 0.717) is 12.8 Å². The predicted octanol–water partition coefficient (Wildman–Crippen LogP) is 1.32. The Balaban J connectivity index is 1.67. The van der Waals surface area contributed by atoms with Crippen LogP contribution in [0.1, 0.15) is 75.3 Å². The van der Waals surface area contributed by atoms with Gasteiger partial charge in [0.2, 0.25) is 5.78 Å². The second-order valence-electron chi connectivity index (χ2n) is 10.9. The number of hydrogen-bond donors (Lipinski definition) is 5. The van der Waals surface area contributed by atoms with E-state index in [-0.39, 0.29) is 52.5 Å². The minimum Gasteiger partial charge on any atom is -0.507 e. The molecule has 1 unspecified atom stereocenters. The average Bonchev–Trinajstić information content (AvgIpc) is 2.92. The number of aliphatic hydroxyl groups excluding tert-OH is 1. The minimum atomic E-state index is -2.16. The van der Waals surface area contributed by atoms with Gasteiger partial charge in [-0.15, -0.1) is 0 Å². The number of ketones is 3. The molecule has 3 aliphatic carbocycles. The number of carbonyl (C=O) groups is 3. The highest BCUT2D eigenvalue weighted by molar-refractivity contribution is 6.31. The number of nitrogens with two attached hydrogens (primary N) is 1. The van der Waals surface area contributed by atoms with Crippen LogP contribution in [0.3, 0.4) is 0 Å². The van der Waals surface area contributed by atoms with Gasteiger partial charge in [0.1, 0.15) is 29.5 Å². The van der Waals surface area contributed by atoms with Crippen molar-refractivity contribution in [3.63, 3.8) is 0 Å². The molecule has 0 radical (unpaired) electrons. The summed E-state index contributed by atoms with van der Waals surface area (Å²) in [7, 11) is 2.93. The fourth-order valence-corrected chi connectivity index (χ4v) is 6.65. The topological polar surface area (TPSA) is 186 Å². The van der Waals surface area contributed by atoms with E-state index in [4.69, 9.17) is 19.9 Å². The molecule has 6 atom stereocenters. The molecule has 5 rings (SSSR count). The average molecular weight is 556 g/mol. The Morgan fingerprint density at radius 3 is 2.40 bits per heavy atom. The van der Waals surface area contributed by atoms with Crippen molar-refractivity contribution in [2.75, 3.05) is 20.8 Å². The van der Waals surface area contributed by atoms with Gasteiger partial charge in [-0.05, 0) is 24.8 Å². The van der Waals surface area contributed by atoms with Gasteiger partial charge in [0, 0.05) is 42.7 Å². The zero-order chi connectivity index (χ0) is 29.1. The molecule has 0 aliphatic heterocycles. The first-order valence-electron chi connectivity index (χ1n) is 13.1. The molecule has 11 nitrogen and oxygen atoms in total. The summed E-state index contributed by atoms with van der Waals surface area (Å²) in [5, 5.41) is 43.9. The lowest BCUT2D eigenvalue weighted by Crippen LogP contribution is -2.50. The van der Waals surface area contributed by atoms with Gasteiger partial charge in [-0.1, -0.05) is 19.1 Å². The molecule has 6 N–H and O–H groups in total. The third-order valence-corrected chi connectivity index (χ3v) is 8.52. The maximum absolute atomic E-state index is 13.7. The van der Waals surface area contributed by atoms with Crippen molar-refractivity contribution in [3.8, 4) is 17.2 Å². The summed E-state index contributed by atoms with van der Waals surface area (Å²) in [5.41, 5.74) is 3.15. The predicted molar refractivity (Wildman–Crippen MR) is 140 cm³/mol. The molecule has 0 bridgehead atoms. The van der Waals surface area contributed by atoms with E-state index in [1.807, 2.05) is 6.92 Å². The summed E-state index contributed by atoms with van der Waals surface area (Å²) in [5.74, 6) is -3.43. The van der Waals surface area contributed by atoms with Crippen LogP contribution in [-0.4, -0.2) is 82.5 Å². The Morgan fingerprint density at radius 2 is 1.77 bits per heavy atom. The number of phenols is 2. The number of Topliss-reactive ketones (excluding diaryl/α,β-unsaturated/α-hetero) is 1. The summed E-state index contributed by atoms with van der Waals surface area (Å²) >= 11 is 0. The normalized spacial score (nSPS) is 29.4. The Hall–Kier alpha value is -3.35. The molecule has 1 saturated carbocycles. The summed E-state index contributed by atoms with van der Waals surface area (Å²) in [6.07, 6.45) is -1.82. The number of phenolic OH excluding ortho intramolecular Hbond substituents is 2. The largest absolute Gasteiger partial charge is 0.507 e. The van der Waals surface area contributed by atoms with Crippen LogP contribution < -0.4 is 10.5 Å². The van der Waals surface area contributed by atoms with Crippen LogP contribution in [0.4, 0.5) is 0 Å². The van der Waals surface area contributed by atoms with E-state index in [0.717, 1.165) is 0 Å². The number of fused-ring (bicyclic) bond motifs is 3. The lowest BCUT2D eigenvalue weighted by atomic mass is 9.71. The second-order valence-corrected chi connectivity index (χ2v) is 10.9. The first-order chi connectivity index (χ1) is 19.0. The van der Waals surface area contributed by atoms with Gasteiger partial charge in [0.25, 0.3) is 0 Å². The Bertz CT molecular complexity index is 1390. The molecular formula is C29H33NO10. The third-order valence-electron chi connectivity index (χ3n) is 8.52. The van der Waals surface area contributed by atoms with Crippen molar-refractivity contribution < 1.29 is 49.0 Å². The maximum atomic E-state index is 13.7. The molecule has 1 fully saturated rings. The minimum absolute atomic E-state index is 0.00116. The lowest BCUT2D eigenvalue weighted by molar-refractivity contribution is -0.151. The number of ether oxygens (including phenoxy) is 3. The number of aromatic hydroxyl groups is 2. The maximum Gasteiger partial charge on any atom is 0.202 e. The number of carbonyl (C=O) groups excluding carboxylic acids is 3. The van der Waals surface area contributed by atoms with Crippen molar-refractivity contribution in [2.45, 2.75) is 62.6 Å². The van der Waals surface area contributed by atoms with Gasteiger partial charge in [-0.2, -0.15) is 0 Å². The standard InChI is InChI=1S/C29H33NO10/c1-12-7-13(8-16(30)28(12)39-3)40-18-10-29(37,19(32)11-31)9-15-21(18)27(36)23-22(25(15)34)24(33)14-5-4-6-17(38-2)20(14)26(23)35/h4-6,12-13,16,18,28,31,34,36-37H,7-11,30H2,1-3H3/t12-,13+,16+,18?,28-,29-/m1/s1. The highest BCUT2D eigenvalue weighted by Crippen LogP contribution is 2.52. The molecule has 214 valence electrons. The van der Waals surface area contributed by atoms with Crippen molar-refractivity contribution >= 4 is 17.3 Å². The highest BCUT2D eigenvalue weighted by atomic mass is 16.5. The summed E-state index contributed by atoms with van der Waals surface area (Å²) in [6.45, 7) is 0.987. The molecule has 0 amide bonds. The molecular weight excluding hydrogens is 522 g/mol. The number of benzene rings is 2. The molecule has 0 aromatic heterocycles. The quantitative estimate of drug-likeness (QED) is 0.276. The molecule has 2 aromatic carbocycles. The zero-order valence-corrected chi connectivity index (χ0v) is 22.5. The van der Waals surface area contributed by atoms with E-state index in [1.54, 1.807) is 7.11 Å². The van der Waals surface area contributed by atoms with Crippen LogP contribution in [0.5, 0.6) is 17.2 Å². The molecule has 2 aromatic rings. The Labute approximate surface area is 230 Å². The first-order valence-corrected chi connectivity index (χ1v) is 13.1. The van der Waals surface area contributed by atoms with E-state index in [9.17, 15) is 34.8 Å². The van der Waals surface area contributed by atoms with Crippen LogP contribution in [0.2, 0.25) is 0 Å². The van der Waals surface area contributed by atoms with Gasteiger partial charge < -0.3 is 40.4 Å². The van der Waals surface area contributed by atoms with Gasteiger partial charge >= 0.3 is 0 Å². The van der Waals surface area contributed by atoms with Crippen LogP contribution in [0.25, 0.3) is 0 Å². The van der Waals surface area contributed by atoms with Gasteiger partial charge in [-0.3, -0.25) is 14.4 Å². The Kier molecular flexibility index (Phi) is 7.22. The second kappa shape index (κ2) is 10.2. The molecule has 11 heteroatoms. The van der Waals surface area contributed by atoms with Crippen LogP contribution >= 0.6 is 0 Å². The highest BCUT2D eigenvalue weighted by Gasteiger charge is 2.50. The number of rotatable bonds is 6. The van der Waals surface area contributed by atoms with Gasteiger partial charge in [0.15, 0.2) is 11.6 Å². The zero-order valence-electron chi connectivity index (χ0n) is 22.5. The molecule has 3 aliphatic rings. The summed E-state index contributed by atoms with van der Waals surface area (Å²) < 4.78 is 17.2. The smallest absolute Gasteiger partial charge is 0.202 e. The van der Waals surface area contributed by atoms with E-state index >= 15 is 0 Å². The van der Waals surface area contributed by atoms with Crippen LogP contribution in [0.15, 0.2) is 18.2 Å². The number of hydrogen-bond acceptors (Lipinski definition) is 11. The van der Waals surface area contributed by atoms with Crippen LogP contribution in [0, 0.1) is 5.92 Å².